The smallest absolute Gasteiger partial charge is 0.373 e. The van der Waals surface area contributed by atoms with Crippen LogP contribution in [0.15, 0.2) is 0 Å². The van der Waals surface area contributed by atoms with Gasteiger partial charge in [0.25, 0.3) is 0 Å². The Labute approximate surface area is 233 Å². The fraction of sp³-hybridized carbons (Fsp3) is 1.00. The predicted molar refractivity (Wildman–Crippen MR) is 139 cm³/mol. The maximum absolute atomic E-state index is 14.6. The molecule has 2 aliphatic heterocycles. The van der Waals surface area contributed by atoms with E-state index in [0.717, 1.165) is 19.3 Å². The summed E-state index contributed by atoms with van der Waals surface area (Å²) in [6.45, 7) is 4.18. The fourth-order valence-electron chi connectivity index (χ4n) is 3.85. The lowest BCUT2D eigenvalue weighted by Crippen LogP contribution is -2.34. The Bertz CT molecular complexity index is 901. The van der Waals surface area contributed by atoms with Crippen molar-refractivity contribution in [1.29, 1.82) is 0 Å². The van der Waals surface area contributed by atoms with Crippen molar-refractivity contribution in [3.8, 4) is 0 Å². The average molecular weight is 645 g/mol. The molecule has 2 heterocycles. The van der Waals surface area contributed by atoms with Crippen LogP contribution in [0.5, 0.6) is 0 Å². The fourth-order valence-corrected chi connectivity index (χ4v) is 6.70. The summed E-state index contributed by atoms with van der Waals surface area (Å²) >= 11 is 0. The molecule has 5 unspecified atom stereocenters. The van der Waals surface area contributed by atoms with Crippen LogP contribution in [0.4, 0.5) is 4.39 Å². The maximum Gasteiger partial charge on any atom is 0.472 e. The molecule has 0 radical (unpaired) electrons. The van der Waals surface area contributed by atoms with E-state index in [1.165, 1.54) is 6.92 Å². The summed E-state index contributed by atoms with van der Waals surface area (Å²) in [5.41, 5.74) is 5.42. The van der Waals surface area contributed by atoms with Gasteiger partial charge in [0.05, 0.1) is 32.5 Å². The van der Waals surface area contributed by atoms with Crippen LogP contribution in [0.1, 0.15) is 52.9 Å². The molecule has 5 N–H and O–H groups in total. The van der Waals surface area contributed by atoms with Gasteiger partial charge in [-0.1, -0.05) is 26.7 Å². The molecular weight excluding hydrogens is 602 g/mol. The highest BCUT2D eigenvalue weighted by atomic mass is 31.2. The lowest BCUT2D eigenvalue weighted by Gasteiger charge is -2.24. The zero-order valence-corrected chi connectivity index (χ0v) is 25.6. The van der Waals surface area contributed by atoms with Gasteiger partial charge in [0.2, 0.25) is 0 Å². The van der Waals surface area contributed by atoms with Crippen molar-refractivity contribution in [2.75, 3.05) is 39.6 Å². The topological polar surface area (TPSA) is 212 Å². The van der Waals surface area contributed by atoms with Crippen LogP contribution in [0.3, 0.4) is 0 Å². The van der Waals surface area contributed by atoms with E-state index < -0.39 is 73.4 Å². The molecule has 0 aromatic heterocycles. The molecule has 2 aliphatic rings. The molecule has 238 valence electrons. The minimum atomic E-state index is -4.78. The van der Waals surface area contributed by atoms with Gasteiger partial charge in [0.15, 0.2) is 6.17 Å². The number of hydrogen-bond acceptors (Lipinski definition) is 12. The van der Waals surface area contributed by atoms with Crippen molar-refractivity contribution in [2.24, 2.45) is 11.7 Å². The van der Waals surface area contributed by atoms with Crippen molar-refractivity contribution < 1.29 is 69.4 Å². The second-order valence-electron chi connectivity index (χ2n) is 9.96. The molecule has 15 nitrogen and oxygen atoms in total. The van der Waals surface area contributed by atoms with Crippen LogP contribution < -0.4 is 5.73 Å². The Morgan fingerprint density at radius 1 is 0.900 bits per heavy atom. The van der Waals surface area contributed by atoms with E-state index in [-0.39, 0.29) is 32.2 Å². The second-order valence-corrected chi connectivity index (χ2v) is 14.2. The number of rotatable bonds is 20. The van der Waals surface area contributed by atoms with Gasteiger partial charge in [-0.3, -0.25) is 27.1 Å². The van der Waals surface area contributed by atoms with Crippen molar-refractivity contribution >= 4 is 23.5 Å². The van der Waals surface area contributed by atoms with Crippen LogP contribution >= 0.6 is 23.5 Å². The van der Waals surface area contributed by atoms with Gasteiger partial charge in [-0.05, 0) is 32.2 Å². The number of ether oxygens (including phenoxy) is 2. The Hall–Kier alpha value is 0.140. The summed E-state index contributed by atoms with van der Waals surface area (Å²) in [5, 5.41) is 0. The first-order chi connectivity index (χ1) is 18.6. The molecule has 0 bridgehead atoms. The number of phosphoric ester groups is 3. The lowest BCUT2D eigenvalue weighted by molar-refractivity contribution is -0.0291. The molecule has 0 amide bonds. The summed E-state index contributed by atoms with van der Waals surface area (Å²) in [5.74, 6) is -0.0946. The zero-order valence-electron chi connectivity index (χ0n) is 22.9. The largest absolute Gasteiger partial charge is 0.472 e. The van der Waals surface area contributed by atoms with E-state index in [0.29, 0.717) is 13.0 Å². The molecule has 0 spiro atoms. The Balaban J connectivity index is 1.83. The van der Waals surface area contributed by atoms with E-state index >= 15 is 0 Å². The van der Waals surface area contributed by atoms with Gasteiger partial charge in [-0.2, -0.15) is 0 Å². The standard InChI is InChI=1S/C21H43FNO14P3/c1-15(2)12-32-40(28,29)37-21-19(35-16(3)20(21)22)14-34-38(24,25)33-13-18-17(8-11-30-18)36-39(26,27)31-10-7-5-4-6-9-23/h15-21H,4-14,23H2,1-3H3,(H,24,25)(H,26,27)(H,28,29)/t16-,17?,18+,19+,20?,21-/m0/s1. The highest BCUT2D eigenvalue weighted by Crippen LogP contribution is 2.50. The van der Waals surface area contributed by atoms with Crippen LogP contribution in [0.2, 0.25) is 0 Å². The molecule has 0 saturated carbocycles. The van der Waals surface area contributed by atoms with E-state index in [9.17, 15) is 32.8 Å². The Morgan fingerprint density at radius 3 is 2.17 bits per heavy atom. The van der Waals surface area contributed by atoms with Gasteiger partial charge in [-0.15, -0.1) is 0 Å². The predicted octanol–water partition coefficient (Wildman–Crippen LogP) is 3.21. The minimum absolute atomic E-state index is 0.00859. The SMILES string of the molecule is CC(C)COP(=O)(O)O[C@@H]1C(F)[C@H](C)O[C@@H]1COP(=O)(O)OC[C@H]1OCCC1OP(=O)(O)OCCCCCCN. The number of phosphoric acid groups is 3. The highest BCUT2D eigenvalue weighted by Gasteiger charge is 2.48. The normalized spacial score (nSPS) is 31.7. The number of hydrogen-bond donors (Lipinski definition) is 4. The quantitative estimate of drug-likeness (QED) is 0.111. The number of halogens is 1. The van der Waals surface area contributed by atoms with Crippen molar-refractivity contribution in [1.82, 2.24) is 0 Å². The van der Waals surface area contributed by atoms with Crippen LogP contribution in [0, 0.1) is 5.92 Å². The first-order valence-corrected chi connectivity index (χ1v) is 17.7. The highest BCUT2D eigenvalue weighted by molar-refractivity contribution is 7.48. The summed E-state index contributed by atoms with van der Waals surface area (Å²) < 4.78 is 92.1. The third-order valence-electron chi connectivity index (χ3n) is 5.92. The molecule has 0 aromatic rings. The van der Waals surface area contributed by atoms with Gasteiger partial charge >= 0.3 is 23.5 Å². The van der Waals surface area contributed by atoms with Crippen molar-refractivity contribution in [2.45, 2.75) is 89.6 Å². The molecule has 40 heavy (non-hydrogen) atoms. The minimum Gasteiger partial charge on any atom is -0.373 e. The molecule has 0 aliphatic carbocycles. The van der Waals surface area contributed by atoms with Gasteiger partial charge < -0.3 is 29.9 Å². The van der Waals surface area contributed by atoms with Crippen molar-refractivity contribution in [3.63, 3.8) is 0 Å². The monoisotopic (exact) mass is 645 g/mol. The van der Waals surface area contributed by atoms with E-state index in [2.05, 4.69) is 0 Å². The molecule has 0 aromatic carbocycles. The average Bonchev–Trinajstić information content (AvgIpc) is 3.40. The van der Waals surface area contributed by atoms with Gasteiger partial charge in [-0.25, -0.2) is 18.1 Å². The van der Waals surface area contributed by atoms with E-state index in [1.54, 1.807) is 13.8 Å². The van der Waals surface area contributed by atoms with Crippen molar-refractivity contribution in [3.05, 3.63) is 0 Å². The van der Waals surface area contributed by atoms with Crippen LogP contribution in [-0.4, -0.2) is 91.0 Å². The van der Waals surface area contributed by atoms with E-state index in [1.807, 2.05) is 0 Å². The number of nitrogens with two attached hydrogens (primary N) is 1. The first kappa shape index (κ1) is 36.3. The Morgan fingerprint density at radius 2 is 1.52 bits per heavy atom. The second kappa shape index (κ2) is 16.8. The molecule has 2 rings (SSSR count). The summed E-state index contributed by atoms with van der Waals surface area (Å²) in [7, 11) is -13.8. The number of unbranched alkanes of at least 4 members (excludes halogenated alkanes) is 3. The van der Waals surface area contributed by atoms with Crippen LogP contribution in [-0.2, 0) is 50.3 Å². The molecule has 9 atom stereocenters. The summed E-state index contributed by atoms with van der Waals surface area (Å²) in [4.78, 5) is 30.0. The van der Waals surface area contributed by atoms with Crippen LogP contribution in [0.25, 0.3) is 0 Å². The molecular formula is C21H43FNO14P3. The van der Waals surface area contributed by atoms with Gasteiger partial charge in [0.1, 0.15) is 24.4 Å². The Kier molecular flexibility index (Phi) is 15.3. The molecule has 2 fully saturated rings. The summed E-state index contributed by atoms with van der Waals surface area (Å²) in [6.07, 6.45) is -4.53. The third-order valence-corrected chi connectivity index (χ3v) is 8.90. The lowest BCUT2D eigenvalue weighted by atomic mass is 10.1. The molecule has 19 heteroatoms. The first-order valence-electron chi connectivity index (χ1n) is 13.2. The summed E-state index contributed by atoms with van der Waals surface area (Å²) in [6, 6.07) is 0. The molecule has 2 saturated heterocycles. The number of alkyl halides is 1. The van der Waals surface area contributed by atoms with Gasteiger partial charge in [0, 0.05) is 13.0 Å². The van der Waals surface area contributed by atoms with E-state index in [4.69, 9.17) is 42.3 Å². The zero-order chi connectivity index (χ0) is 30.0. The third kappa shape index (κ3) is 13.2. The maximum atomic E-state index is 14.6.